The van der Waals surface area contributed by atoms with Crippen molar-refractivity contribution in [2.45, 2.75) is 24.8 Å². The first-order valence-electron chi connectivity index (χ1n) is 10.2. The van der Waals surface area contributed by atoms with Gasteiger partial charge in [0.2, 0.25) is 21.8 Å². The number of nitrogens with zero attached hydrogens (tertiary/aromatic N) is 3. The monoisotopic (exact) mass is 445 g/mol. The Morgan fingerprint density at radius 2 is 1.71 bits per heavy atom. The highest BCUT2D eigenvalue weighted by Gasteiger charge is 2.43. The van der Waals surface area contributed by atoms with Crippen LogP contribution < -0.4 is 0 Å². The number of sulfonamides is 1. The number of hydrogen-bond acceptors (Lipinski definition) is 4. The highest BCUT2D eigenvalue weighted by Crippen LogP contribution is 2.23. The minimum absolute atomic E-state index is 0.0136. The molecule has 0 saturated carbocycles. The molecule has 2 aliphatic heterocycles. The molecule has 2 aromatic rings. The Morgan fingerprint density at radius 1 is 0.968 bits per heavy atom. The lowest BCUT2D eigenvalue weighted by Crippen LogP contribution is -2.61. The number of halogens is 1. The summed E-state index contributed by atoms with van der Waals surface area (Å²) >= 11 is 0. The normalized spacial score (nSPS) is 20.5. The molecule has 4 rings (SSSR count). The van der Waals surface area contributed by atoms with Crippen LogP contribution in [0.25, 0.3) is 0 Å². The minimum atomic E-state index is -3.79. The van der Waals surface area contributed by atoms with Gasteiger partial charge in [0.1, 0.15) is 18.4 Å². The molecule has 2 fully saturated rings. The maximum atomic E-state index is 13.5. The summed E-state index contributed by atoms with van der Waals surface area (Å²) in [6.45, 7) is 0.740. The molecule has 2 heterocycles. The number of carbonyl (C=O) groups is 2. The van der Waals surface area contributed by atoms with E-state index in [-0.39, 0.29) is 37.2 Å². The average molecular weight is 446 g/mol. The number of rotatable bonds is 5. The van der Waals surface area contributed by atoms with E-state index >= 15 is 0 Å². The fraction of sp³-hybridized carbons (Fsp3) is 0.364. The standard InChI is InChI=1S/C22H24FN3O4S/c23-19-9-4-8-18(12-19)16-31(29,30)25-10-5-11-26-20(14-25)22(28)24(15-21(26)27)13-17-6-2-1-3-7-17/h1-4,6-9,12,20H,5,10-11,13-16H2. The fourth-order valence-corrected chi connectivity index (χ4v) is 5.69. The molecule has 0 bridgehead atoms. The van der Waals surface area contributed by atoms with Crippen molar-refractivity contribution in [2.75, 3.05) is 26.2 Å². The summed E-state index contributed by atoms with van der Waals surface area (Å²) in [6, 6.07) is 14.0. The van der Waals surface area contributed by atoms with Gasteiger partial charge in [0, 0.05) is 26.2 Å². The Bertz CT molecular complexity index is 1080. The Morgan fingerprint density at radius 3 is 2.45 bits per heavy atom. The molecule has 164 valence electrons. The van der Waals surface area contributed by atoms with Crippen LogP contribution in [0.2, 0.25) is 0 Å². The minimum Gasteiger partial charge on any atom is -0.328 e. The van der Waals surface area contributed by atoms with Crippen LogP contribution in [0.3, 0.4) is 0 Å². The SMILES string of the molecule is O=C1C2CN(S(=O)(=O)Cc3cccc(F)c3)CCCN2C(=O)CN1Cc1ccccc1. The molecular formula is C22H24FN3O4S. The molecule has 1 atom stereocenters. The van der Waals surface area contributed by atoms with Crippen molar-refractivity contribution >= 4 is 21.8 Å². The number of fused-ring (bicyclic) bond motifs is 1. The zero-order valence-corrected chi connectivity index (χ0v) is 17.8. The van der Waals surface area contributed by atoms with Crippen molar-refractivity contribution < 1.29 is 22.4 Å². The molecule has 0 aliphatic carbocycles. The summed E-state index contributed by atoms with van der Waals surface area (Å²) in [5.74, 6) is -1.28. The molecule has 2 aliphatic rings. The van der Waals surface area contributed by atoms with Crippen LogP contribution in [0.5, 0.6) is 0 Å². The average Bonchev–Trinajstić information content (AvgIpc) is 2.97. The van der Waals surface area contributed by atoms with Crippen molar-refractivity contribution in [3.05, 3.63) is 71.5 Å². The predicted octanol–water partition coefficient (Wildman–Crippen LogP) is 1.60. The molecule has 2 saturated heterocycles. The van der Waals surface area contributed by atoms with Crippen LogP contribution in [0.4, 0.5) is 4.39 Å². The molecule has 31 heavy (non-hydrogen) atoms. The van der Waals surface area contributed by atoms with E-state index < -0.39 is 21.9 Å². The molecule has 1 unspecified atom stereocenters. The number of hydrogen-bond donors (Lipinski definition) is 0. The lowest BCUT2D eigenvalue weighted by Gasteiger charge is -2.40. The van der Waals surface area contributed by atoms with Crippen LogP contribution in [-0.2, 0) is 31.9 Å². The van der Waals surface area contributed by atoms with Crippen LogP contribution in [-0.4, -0.2) is 66.6 Å². The van der Waals surface area contributed by atoms with Gasteiger partial charge >= 0.3 is 0 Å². The van der Waals surface area contributed by atoms with Gasteiger partial charge in [0.25, 0.3) is 0 Å². The maximum Gasteiger partial charge on any atom is 0.247 e. The fourth-order valence-electron chi connectivity index (χ4n) is 4.13. The summed E-state index contributed by atoms with van der Waals surface area (Å²) in [5, 5.41) is 0. The Balaban J connectivity index is 1.53. The summed E-state index contributed by atoms with van der Waals surface area (Å²) in [6.07, 6.45) is 0.441. The topological polar surface area (TPSA) is 78.0 Å². The second kappa shape index (κ2) is 8.76. The molecule has 0 spiro atoms. The Hall–Kier alpha value is -2.78. The molecule has 2 amide bonds. The van der Waals surface area contributed by atoms with E-state index in [9.17, 15) is 22.4 Å². The van der Waals surface area contributed by atoms with Crippen molar-refractivity contribution in [3.63, 3.8) is 0 Å². The molecule has 2 aromatic carbocycles. The summed E-state index contributed by atoms with van der Waals surface area (Å²) < 4.78 is 40.8. The number of benzene rings is 2. The van der Waals surface area contributed by atoms with E-state index in [1.54, 1.807) is 6.07 Å². The van der Waals surface area contributed by atoms with Gasteiger partial charge in [-0.15, -0.1) is 0 Å². The van der Waals surface area contributed by atoms with Gasteiger partial charge in [0.05, 0.1) is 5.75 Å². The summed E-state index contributed by atoms with van der Waals surface area (Å²) in [7, 11) is -3.79. The zero-order chi connectivity index (χ0) is 22.0. The molecule has 0 radical (unpaired) electrons. The van der Waals surface area contributed by atoms with Crippen molar-refractivity contribution in [3.8, 4) is 0 Å². The zero-order valence-electron chi connectivity index (χ0n) is 17.0. The highest BCUT2D eigenvalue weighted by atomic mass is 32.2. The van der Waals surface area contributed by atoms with Crippen molar-refractivity contribution in [1.82, 2.24) is 14.1 Å². The number of piperazine rings is 1. The van der Waals surface area contributed by atoms with Gasteiger partial charge in [-0.3, -0.25) is 9.59 Å². The summed E-state index contributed by atoms with van der Waals surface area (Å²) in [4.78, 5) is 28.9. The van der Waals surface area contributed by atoms with Gasteiger partial charge in [-0.05, 0) is 29.7 Å². The largest absolute Gasteiger partial charge is 0.328 e. The van der Waals surface area contributed by atoms with Gasteiger partial charge in [-0.2, -0.15) is 4.31 Å². The first-order chi connectivity index (χ1) is 14.8. The van der Waals surface area contributed by atoms with E-state index in [1.165, 1.54) is 32.3 Å². The Kier molecular flexibility index (Phi) is 6.06. The van der Waals surface area contributed by atoms with Gasteiger partial charge in [-0.1, -0.05) is 42.5 Å². The predicted molar refractivity (Wildman–Crippen MR) is 113 cm³/mol. The summed E-state index contributed by atoms with van der Waals surface area (Å²) in [5.41, 5.74) is 1.25. The lowest BCUT2D eigenvalue weighted by molar-refractivity contribution is -0.156. The highest BCUT2D eigenvalue weighted by molar-refractivity contribution is 7.88. The Labute approximate surface area is 181 Å². The molecule has 9 heteroatoms. The third kappa shape index (κ3) is 4.77. The maximum absolute atomic E-state index is 13.5. The van der Waals surface area contributed by atoms with Gasteiger partial charge in [0.15, 0.2) is 0 Å². The first kappa shape index (κ1) is 21.5. The second-order valence-electron chi connectivity index (χ2n) is 7.88. The lowest BCUT2D eigenvalue weighted by atomic mass is 10.1. The van der Waals surface area contributed by atoms with Crippen LogP contribution in [0.15, 0.2) is 54.6 Å². The van der Waals surface area contributed by atoms with Gasteiger partial charge < -0.3 is 9.80 Å². The molecule has 0 N–H and O–H groups in total. The smallest absolute Gasteiger partial charge is 0.247 e. The van der Waals surface area contributed by atoms with Crippen LogP contribution >= 0.6 is 0 Å². The van der Waals surface area contributed by atoms with E-state index in [1.807, 2.05) is 30.3 Å². The second-order valence-corrected chi connectivity index (χ2v) is 9.85. The van der Waals surface area contributed by atoms with Crippen LogP contribution in [0.1, 0.15) is 17.5 Å². The number of carbonyl (C=O) groups excluding carboxylic acids is 2. The third-order valence-corrected chi connectivity index (χ3v) is 7.47. The third-order valence-electron chi connectivity index (χ3n) is 5.65. The van der Waals surface area contributed by atoms with Crippen LogP contribution in [0, 0.1) is 5.82 Å². The van der Waals surface area contributed by atoms with Gasteiger partial charge in [-0.25, -0.2) is 12.8 Å². The van der Waals surface area contributed by atoms with Crippen molar-refractivity contribution in [2.24, 2.45) is 0 Å². The van der Waals surface area contributed by atoms with E-state index in [0.717, 1.165) is 5.56 Å². The van der Waals surface area contributed by atoms with E-state index in [0.29, 0.717) is 25.1 Å². The quantitative estimate of drug-likeness (QED) is 0.701. The first-order valence-corrected chi connectivity index (χ1v) is 11.8. The molecule has 7 nitrogen and oxygen atoms in total. The molecular weight excluding hydrogens is 421 g/mol. The van der Waals surface area contributed by atoms with E-state index in [4.69, 9.17) is 0 Å². The molecule has 0 aromatic heterocycles. The van der Waals surface area contributed by atoms with Crippen molar-refractivity contribution in [1.29, 1.82) is 0 Å². The van der Waals surface area contributed by atoms with E-state index in [2.05, 4.69) is 0 Å². The number of amides is 2.